The molecule has 7 nitrogen and oxygen atoms in total. The van der Waals surface area contributed by atoms with Crippen molar-refractivity contribution < 1.29 is 9.18 Å². The first-order valence-electron chi connectivity index (χ1n) is 7.92. The van der Waals surface area contributed by atoms with Gasteiger partial charge in [0.25, 0.3) is 0 Å². The molecule has 1 atom stereocenters. The number of nitrogen functional groups attached to an aromatic ring is 1. The van der Waals surface area contributed by atoms with Crippen LogP contribution in [0.4, 0.5) is 10.1 Å². The van der Waals surface area contributed by atoms with Crippen molar-refractivity contribution in [3.8, 4) is 17.5 Å². The smallest absolute Gasteiger partial charge is 0.237 e. The molecule has 1 amide bonds. The Balaban J connectivity index is 1.72. The van der Waals surface area contributed by atoms with Crippen molar-refractivity contribution in [3.05, 3.63) is 59.9 Å². The van der Waals surface area contributed by atoms with Gasteiger partial charge in [-0.25, -0.2) is 9.07 Å². The van der Waals surface area contributed by atoms with Crippen molar-refractivity contribution >= 4 is 23.4 Å². The highest BCUT2D eigenvalue weighted by Gasteiger charge is 2.20. The summed E-state index contributed by atoms with van der Waals surface area (Å²) in [6, 6.07) is 14.5. The van der Waals surface area contributed by atoms with E-state index < -0.39 is 5.25 Å². The first-order chi connectivity index (χ1) is 13.0. The van der Waals surface area contributed by atoms with E-state index in [1.165, 1.54) is 16.8 Å². The number of hydrogen-bond donors (Lipinski definition) is 2. The van der Waals surface area contributed by atoms with E-state index in [-0.39, 0.29) is 11.7 Å². The third-order valence-electron chi connectivity index (χ3n) is 3.72. The van der Waals surface area contributed by atoms with Crippen LogP contribution >= 0.6 is 11.8 Å². The minimum atomic E-state index is -0.538. The maximum atomic E-state index is 13.1. The molecule has 0 spiro atoms. The van der Waals surface area contributed by atoms with Crippen LogP contribution in [-0.4, -0.2) is 26.0 Å². The van der Waals surface area contributed by atoms with E-state index in [1.807, 2.05) is 6.07 Å². The Labute approximate surface area is 159 Å². The van der Waals surface area contributed by atoms with Gasteiger partial charge in [-0.05, 0) is 43.3 Å². The number of hydrogen-bond acceptors (Lipinski definition) is 6. The molecule has 0 bridgehead atoms. The summed E-state index contributed by atoms with van der Waals surface area (Å²) in [7, 11) is 0. The van der Waals surface area contributed by atoms with Gasteiger partial charge in [0.05, 0.1) is 16.5 Å². The SMILES string of the molecule is C[C@H](Sc1nnc(-c2ccc(F)cc2)n1N)C(=O)Nc1ccccc1C#N. The number of carbonyl (C=O) groups is 1. The molecule has 3 rings (SSSR count). The normalized spacial score (nSPS) is 11.6. The molecule has 1 aromatic heterocycles. The van der Waals surface area contributed by atoms with Crippen molar-refractivity contribution in [1.82, 2.24) is 14.9 Å². The van der Waals surface area contributed by atoms with Gasteiger partial charge < -0.3 is 11.2 Å². The molecule has 3 aromatic rings. The second-order valence-electron chi connectivity index (χ2n) is 5.59. The minimum Gasteiger partial charge on any atom is -0.335 e. The molecule has 0 unspecified atom stereocenters. The van der Waals surface area contributed by atoms with Crippen molar-refractivity contribution in [2.24, 2.45) is 0 Å². The predicted octanol–water partition coefficient (Wildman–Crippen LogP) is 2.79. The highest BCUT2D eigenvalue weighted by Crippen LogP contribution is 2.26. The molecule has 0 saturated heterocycles. The Morgan fingerprint density at radius 1 is 1.26 bits per heavy atom. The summed E-state index contributed by atoms with van der Waals surface area (Å²) in [5.41, 5.74) is 1.43. The molecule has 27 heavy (non-hydrogen) atoms. The lowest BCUT2D eigenvalue weighted by atomic mass is 10.2. The molecular formula is C18H15FN6OS. The first kappa shape index (κ1) is 18.4. The fourth-order valence-corrected chi connectivity index (χ4v) is 3.06. The van der Waals surface area contributed by atoms with Gasteiger partial charge in [-0.3, -0.25) is 4.79 Å². The largest absolute Gasteiger partial charge is 0.335 e. The summed E-state index contributed by atoms with van der Waals surface area (Å²) in [5, 5.41) is 19.6. The van der Waals surface area contributed by atoms with E-state index in [1.54, 1.807) is 43.3 Å². The van der Waals surface area contributed by atoms with Crippen molar-refractivity contribution in [2.75, 3.05) is 11.2 Å². The van der Waals surface area contributed by atoms with Crippen LogP contribution < -0.4 is 11.2 Å². The molecule has 0 aliphatic rings. The maximum Gasteiger partial charge on any atom is 0.237 e. The Bertz CT molecular complexity index is 1010. The zero-order valence-corrected chi connectivity index (χ0v) is 15.1. The third kappa shape index (κ3) is 4.07. The van der Waals surface area contributed by atoms with E-state index in [4.69, 9.17) is 11.1 Å². The maximum absolute atomic E-state index is 13.1. The number of aromatic nitrogens is 3. The van der Waals surface area contributed by atoms with Crippen LogP contribution in [0, 0.1) is 17.1 Å². The predicted molar refractivity (Wildman–Crippen MR) is 101 cm³/mol. The molecule has 0 saturated carbocycles. The second-order valence-corrected chi connectivity index (χ2v) is 6.90. The van der Waals surface area contributed by atoms with Crippen LogP contribution in [0.3, 0.4) is 0 Å². The molecule has 0 aliphatic heterocycles. The lowest BCUT2D eigenvalue weighted by molar-refractivity contribution is -0.115. The number of anilines is 1. The minimum absolute atomic E-state index is 0.297. The van der Waals surface area contributed by atoms with E-state index in [2.05, 4.69) is 15.5 Å². The van der Waals surface area contributed by atoms with Gasteiger partial charge in [-0.15, -0.1) is 10.2 Å². The summed E-state index contributed by atoms with van der Waals surface area (Å²) in [5.74, 6) is 5.72. The Morgan fingerprint density at radius 3 is 2.67 bits per heavy atom. The van der Waals surface area contributed by atoms with Gasteiger partial charge >= 0.3 is 0 Å². The van der Waals surface area contributed by atoms with Crippen LogP contribution in [0.5, 0.6) is 0 Å². The van der Waals surface area contributed by atoms with Gasteiger partial charge in [0.15, 0.2) is 5.82 Å². The number of amides is 1. The van der Waals surface area contributed by atoms with Crippen LogP contribution in [0.15, 0.2) is 53.7 Å². The zero-order chi connectivity index (χ0) is 19.4. The fraction of sp³-hybridized carbons (Fsp3) is 0.111. The number of para-hydroxylation sites is 1. The Hall–Kier alpha value is -3.38. The van der Waals surface area contributed by atoms with Crippen LogP contribution in [0.2, 0.25) is 0 Å². The first-order valence-corrected chi connectivity index (χ1v) is 8.80. The molecule has 136 valence electrons. The van der Waals surface area contributed by atoms with Gasteiger partial charge in [-0.2, -0.15) is 5.26 Å². The van der Waals surface area contributed by atoms with Crippen LogP contribution in [-0.2, 0) is 4.79 Å². The number of carbonyl (C=O) groups excluding carboxylic acids is 1. The van der Waals surface area contributed by atoms with Crippen molar-refractivity contribution in [2.45, 2.75) is 17.3 Å². The van der Waals surface area contributed by atoms with Gasteiger partial charge in [0, 0.05) is 5.56 Å². The number of nitrogens with zero attached hydrogens (tertiary/aromatic N) is 4. The summed E-state index contributed by atoms with van der Waals surface area (Å²) < 4.78 is 14.3. The number of halogens is 1. The Kier molecular flexibility index (Phi) is 5.38. The second kappa shape index (κ2) is 7.88. The van der Waals surface area contributed by atoms with Gasteiger partial charge in [0.1, 0.15) is 11.9 Å². The zero-order valence-electron chi connectivity index (χ0n) is 14.3. The average Bonchev–Trinajstić information content (AvgIpc) is 3.03. The number of nitrogens with one attached hydrogen (secondary N) is 1. The van der Waals surface area contributed by atoms with Gasteiger partial charge in [0.2, 0.25) is 11.1 Å². The molecule has 0 fully saturated rings. The summed E-state index contributed by atoms with van der Waals surface area (Å²) >= 11 is 1.12. The average molecular weight is 382 g/mol. The highest BCUT2D eigenvalue weighted by molar-refractivity contribution is 8.00. The number of nitriles is 1. The number of rotatable bonds is 5. The molecule has 0 radical (unpaired) electrons. The highest BCUT2D eigenvalue weighted by atomic mass is 32.2. The van der Waals surface area contributed by atoms with E-state index in [0.717, 1.165) is 11.8 Å². The lowest BCUT2D eigenvalue weighted by Gasteiger charge is -2.12. The summed E-state index contributed by atoms with van der Waals surface area (Å²) in [6.07, 6.45) is 0. The monoisotopic (exact) mass is 382 g/mol. The third-order valence-corrected chi connectivity index (χ3v) is 4.78. The Morgan fingerprint density at radius 2 is 1.96 bits per heavy atom. The van der Waals surface area contributed by atoms with Gasteiger partial charge in [-0.1, -0.05) is 23.9 Å². The van der Waals surface area contributed by atoms with Crippen LogP contribution in [0.1, 0.15) is 12.5 Å². The van der Waals surface area contributed by atoms with E-state index in [0.29, 0.717) is 27.8 Å². The molecular weight excluding hydrogens is 367 g/mol. The molecule has 0 aliphatic carbocycles. The fourth-order valence-electron chi connectivity index (χ4n) is 2.29. The van der Waals surface area contributed by atoms with E-state index >= 15 is 0 Å². The van der Waals surface area contributed by atoms with Crippen LogP contribution in [0.25, 0.3) is 11.4 Å². The number of nitrogens with two attached hydrogens (primary N) is 1. The molecule has 1 heterocycles. The molecule has 3 N–H and O–H groups in total. The van der Waals surface area contributed by atoms with Crippen molar-refractivity contribution in [1.29, 1.82) is 5.26 Å². The van der Waals surface area contributed by atoms with Crippen molar-refractivity contribution in [3.63, 3.8) is 0 Å². The summed E-state index contributed by atoms with van der Waals surface area (Å²) in [4.78, 5) is 12.4. The molecule has 9 heteroatoms. The van der Waals surface area contributed by atoms with E-state index in [9.17, 15) is 9.18 Å². The summed E-state index contributed by atoms with van der Waals surface area (Å²) in [6.45, 7) is 1.70. The number of benzene rings is 2. The standard InChI is InChI=1S/C18H15FN6OS/c1-11(17(26)22-15-5-3-2-4-13(15)10-20)27-18-24-23-16(25(18)21)12-6-8-14(19)9-7-12/h2-9,11H,21H2,1H3,(H,22,26)/t11-/m0/s1. The quantitative estimate of drug-likeness (QED) is 0.519. The number of thioether (sulfide) groups is 1. The lowest BCUT2D eigenvalue weighted by Crippen LogP contribution is -2.24. The molecule has 2 aromatic carbocycles. The topological polar surface area (TPSA) is 110 Å².